The molecule has 22 heavy (non-hydrogen) atoms. The summed E-state index contributed by atoms with van der Waals surface area (Å²) >= 11 is 5.88. The summed E-state index contributed by atoms with van der Waals surface area (Å²) in [5, 5.41) is 3.12. The van der Waals surface area contributed by atoms with Gasteiger partial charge in [0, 0.05) is 18.2 Å². The third kappa shape index (κ3) is 4.86. The van der Waals surface area contributed by atoms with Crippen LogP contribution in [0.4, 0.5) is 5.69 Å². The number of halogens is 1. The summed E-state index contributed by atoms with van der Waals surface area (Å²) in [7, 11) is -3.58. The molecule has 0 spiro atoms. The van der Waals surface area contributed by atoms with Crippen molar-refractivity contribution in [2.45, 2.75) is 18.9 Å². The fourth-order valence-corrected chi connectivity index (χ4v) is 3.28. The van der Waals surface area contributed by atoms with E-state index in [0.29, 0.717) is 23.9 Å². The number of ether oxygens (including phenoxy) is 1. The molecule has 6 nitrogen and oxygen atoms in total. The summed E-state index contributed by atoms with van der Waals surface area (Å²) in [6, 6.07) is 6.39. The number of nitrogens with one attached hydrogen (secondary N) is 1. The first-order chi connectivity index (χ1) is 10.4. The van der Waals surface area contributed by atoms with Crippen LogP contribution in [-0.4, -0.2) is 46.4 Å². The first-order valence-corrected chi connectivity index (χ1v) is 9.20. The van der Waals surface area contributed by atoms with Gasteiger partial charge in [-0.1, -0.05) is 17.7 Å². The molecule has 1 amide bonds. The molecule has 1 aliphatic rings. The highest BCUT2D eigenvalue weighted by Gasteiger charge is 2.22. The van der Waals surface area contributed by atoms with Gasteiger partial charge in [-0.15, -0.1) is 0 Å². The first kappa shape index (κ1) is 17.1. The predicted octanol–water partition coefficient (Wildman–Crippen LogP) is 1.40. The van der Waals surface area contributed by atoms with Gasteiger partial charge in [0.25, 0.3) is 0 Å². The molecule has 1 heterocycles. The molecule has 8 heteroatoms. The maximum Gasteiger partial charge on any atom is 0.240 e. The van der Waals surface area contributed by atoms with E-state index in [1.807, 2.05) is 0 Å². The zero-order chi connectivity index (χ0) is 16.2. The molecule has 1 aromatic carbocycles. The zero-order valence-electron chi connectivity index (χ0n) is 12.3. The van der Waals surface area contributed by atoms with Crippen molar-refractivity contribution in [3.63, 3.8) is 0 Å². The van der Waals surface area contributed by atoms with Crippen LogP contribution in [-0.2, 0) is 19.6 Å². The van der Waals surface area contributed by atoms with Crippen LogP contribution in [0.5, 0.6) is 0 Å². The Bertz CT molecular complexity index is 629. The maximum atomic E-state index is 12.0. The maximum absolute atomic E-state index is 12.0. The van der Waals surface area contributed by atoms with Crippen LogP contribution in [0.15, 0.2) is 24.3 Å². The van der Waals surface area contributed by atoms with Gasteiger partial charge in [-0.3, -0.25) is 9.10 Å². The van der Waals surface area contributed by atoms with Gasteiger partial charge in [0.15, 0.2) is 0 Å². The fraction of sp³-hybridized carbons (Fsp3) is 0.500. The number of carbonyl (C=O) groups excluding carboxylic acids is 1. The van der Waals surface area contributed by atoms with Gasteiger partial charge in [0.2, 0.25) is 15.9 Å². The largest absolute Gasteiger partial charge is 0.376 e. The molecule has 0 saturated carbocycles. The lowest BCUT2D eigenvalue weighted by Gasteiger charge is -2.22. The van der Waals surface area contributed by atoms with Crippen molar-refractivity contribution in [1.29, 1.82) is 0 Å². The normalized spacial score (nSPS) is 18.2. The second kappa shape index (κ2) is 7.30. The van der Waals surface area contributed by atoms with Crippen molar-refractivity contribution >= 4 is 33.2 Å². The van der Waals surface area contributed by atoms with E-state index in [9.17, 15) is 13.2 Å². The third-order valence-corrected chi connectivity index (χ3v) is 4.71. The number of nitrogens with zero attached hydrogens (tertiary/aromatic N) is 1. The van der Waals surface area contributed by atoms with E-state index in [4.69, 9.17) is 16.3 Å². The highest BCUT2D eigenvalue weighted by Crippen LogP contribution is 2.21. The highest BCUT2D eigenvalue weighted by atomic mass is 35.5. The monoisotopic (exact) mass is 346 g/mol. The molecule has 0 aromatic heterocycles. The van der Waals surface area contributed by atoms with E-state index in [1.165, 1.54) is 6.07 Å². The lowest BCUT2D eigenvalue weighted by molar-refractivity contribution is -0.120. The van der Waals surface area contributed by atoms with E-state index in [-0.39, 0.29) is 18.6 Å². The fourth-order valence-electron chi connectivity index (χ4n) is 2.25. The second-order valence-corrected chi connectivity index (χ2v) is 7.53. The van der Waals surface area contributed by atoms with Crippen molar-refractivity contribution in [2.75, 3.05) is 30.3 Å². The molecule has 0 radical (unpaired) electrons. The van der Waals surface area contributed by atoms with E-state index in [0.717, 1.165) is 23.4 Å². The first-order valence-electron chi connectivity index (χ1n) is 6.98. The average molecular weight is 347 g/mol. The standard InChI is InChI=1S/C14H19ClN2O4S/c1-22(19,20)17(12-5-2-4-11(15)8-12)10-14(18)16-9-13-6-3-7-21-13/h2,4-5,8,13H,3,6-7,9-10H2,1H3,(H,16,18)/t13-/m0/s1. The van der Waals surface area contributed by atoms with Gasteiger partial charge in [-0.05, 0) is 31.0 Å². The molecule has 1 aromatic rings. The molecule has 0 unspecified atom stereocenters. The van der Waals surface area contributed by atoms with E-state index in [1.54, 1.807) is 18.2 Å². The number of amides is 1. The van der Waals surface area contributed by atoms with Crippen LogP contribution >= 0.6 is 11.6 Å². The topological polar surface area (TPSA) is 75.7 Å². The summed E-state index contributed by atoms with van der Waals surface area (Å²) in [5.74, 6) is -0.374. The Kier molecular flexibility index (Phi) is 5.66. The molecule has 2 rings (SSSR count). The van der Waals surface area contributed by atoms with Crippen molar-refractivity contribution in [1.82, 2.24) is 5.32 Å². The minimum absolute atomic E-state index is 0.0156. The molecule has 1 saturated heterocycles. The molecule has 1 atom stereocenters. The number of carbonyl (C=O) groups is 1. The van der Waals surface area contributed by atoms with Gasteiger partial charge in [-0.25, -0.2) is 8.42 Å². The van der Waals surface area contributed by atoms with Gasteiger partial charge in [-0.2, -0.15) is 0 Å². The number of anilines is 1. The minimum atomic E-state index is -3.58. The Morgan fingerprint density at radius 1 is 1.50 bits per heavy atom. The Balaban J connectivity index is 2.02. The number of hydrogen-bond acceptors (Lipinski definition) is 4. The Hall–Kier alpha value is -1.31. The number of sulfonamides is 1. The van der Waals surface area contributed by atoms with Crippen molar-refractivity contribution in [3.05, 3.63) is 29.3 Å². The van der Waals surface area contributed by atoms with Crippen molar-refractivity contribution < 1.29 is 17.9 Å². The highest BCUT2D eigenvalue weighted by molar-refractivity contribution is 7.92. The Morgan fingerprint density at radius 3 is 2.86 bits per heavy atom. The van der Waals surface area contributed by atoms with Gasteiger partial charge < -0.3 is 10.1 Å². The van der Waals surface area contributed by atoms with Crippen molar-refractivity contribution in [2.24, 2.45) is 0 Å². The summed E-state index contributed by atoms with van der Waals surface area (Å²) in [4.78, 5) is 12.0. The van der Waals surface area contributed by atoms with E-state index < -0.39 is 10.0 Å². The lowest BCUT2D eigenvalue weighted by Crippen LogP contribution is -2.42. The summed E-state index contributed by atoms with van der Waals surface area (Å²) in [5.41, 5.74) is 0.363. The van der Waals surface area contributed by atoms with E-state index >= 15 is 0 Å². The van der Waals surface area contributed by atoms with Crippen LogP contribution in [0, 0.1) is 0 Å². The molecule has 1 aliphatic heterocycles. The molecule has 0 aliphatic carbocycles. The number of benzene rings is 1. The van der Waals surface area contributed by atoms with Crippen LogP contribution in [0.3, 0.4) is 0 Å². The SMILES string of the molecule is CS(=O)(=O)N(CC(=O)NC[C@@H]1CCCO1)c1cccc(Cl)c1. The zero-order valence-corrected chi connectivity index (χ0v) is 13.9. The lowest BCUT2D eigenvalue weighted by atomic mass is 10.2. The second-order valence-electron chi connectivity index (χ2n) is 5.19. The van der Waals surface area contributed by atoms with Crippen LogP contribution in [0.1, 0.15) is 12.8 Å². The molecule has 1 fully saturated rings. The van der Waals surface area contributed by atoms with Crippen LogP contribution < -0.4 is 9.62 Å². The molecule has 122 valence electrons. The summed E-state index contributed by atoms with van der Waals surface area (Å²) in [6.45, 7) is 0.816. The Morgan fingerprint density at radius 2 is 2.27 bits per heavy atom. The molecular weight excluding hydrogens is 328 g/mol. The van der Waals surface area contributed by atoms with Gasteiger partial charge >= 0.3 is 0 Å². The Labute approximate surface area is 135 Å². The predicted molar refractivity (Wildman–Crippen MR) is 85.6 cm³/mol. The molecule has 0 bridgehead atoms. The number of rotatable bonds is 6. The summed E-state index contributed by atoms with van der Waals surface area (Å²) < 4.78 is 30.3. The molecule has 1 N–H and O–H groups in total. The average Bonchev–Trinajstić information content (AvgIpc) is 2.94. The number of hydrogen-bond donors (Lipinski definition) is 1. The van der Waals surface area contributed by atoms with Crippen molar-refractivity contribution in [3.8, 4) is 0 Å². The minimum Gasteiger partial charge on any atom is -0.376 e. The van der Waals surface area contributed by atoms with Gasteiger partial charge in [0.05, 0.1) is 18.0 Å². The summed E-state index contributed by atoms with van der Waals surface area (Å²) in [6.07, 6.45) is 2.96. The van der Waals surface area contributed by atoms with Crippen LogP contribution in [0.25, 0.3) is 0 Å². The quantitative estimate of drug-likeness (QED) is 0.844. The smallest absolute Gasteiger partial charge is 0.240 e. The third-order valence-electron chi connectivity index (χ3n) is 3.33. The molecular formula is C14H19ClN2O4S. The van der Waals surface area contributed by atoms with Gasteiger partial charge in [0.1, 0.15) is 6.54 Å². The van der Waals surface area contributed by atoms with E-state index in [2.05, 4.69) is 5.32 Å². The van der Waals surface area contributed by atoms with Crippen LogP contribution in [0.2, 0.25) is 5.02 Å².